The van der Waals surface area contributed by atoms with Crippen molar-refractivity contribution in [2.45, 2.75) is 38.2 Å². The first kappa shape index (κ1) is 27.6. The van der Waals surface area contributed by atoms with Crippen LogP contribution in [0.5, 0.6) is 5.75 Å². The molecule has 3 atom stereocenters. The highest BCUT2D eigenvalue weighted by Crippen LogP contribution is 2.38. The Morgan fingerprint density at radius 3 is 2.49 bits per heavy atom. The normalized spacial score (nSPS) is 18.9. The van der Waals surface area contributed by atoms with Gasteiger partial charge < -0.3 is 25.0 Å². The SMILES string of the molecule is C[C@H](O)COc1ccc(N2CCN(C[C@@](C)(O)c3ccc(CO)cn3)C[C@H]2c2ccc(Cl)cc2)c(Cl)c1. The minimum atomic E-state index is -1.17. The number of pyridine rings is 1. The second-order valence-corrected chi connectivity index (χ2v) is 10.6. The molecule has 3 aromatic rings. The maximum atomic E-state index is 11.3. The van der Waals surface area contributed by atoms with E-state index in [-0.39, 0.29) is 19.3 Å². The van der Waals surface area contributed by atoms with E-state index in [0.717, 1.165) is 11.3 Å². The molecule has 1 saturated heterocycles. The van der Waals surface area contributed by atoms with Crippen LogP contribution in [0.3, 0.4) is 0 Å². The topological polar surface area (TPSA) is 89.3 Å². The number of hydrogen-bond donors (Lipinski definition) is 3. The molecule has 2 aromatic carbocycles. The van der Waals surface area contributed by atoms with Crippen LogP contribution in [0.25, 0.3) is 0 Å². The summed E-state index contributed by atoms with van der Waals surface area (Å²) in [6, 6.07) is 16.9. The first-order valence-corrected chi connectivity index (χ1v) is 13.1. The molecule has 37 heavy (non-hydrogen) atoms. The van der Waals surface area contributed by atoms with Crippen LogP contribution in [-0.2, 0) is 12.2 Å². The largest absolute Gasteiger partial charge is 0.491 e. The van der Waals surface area contributed by atoms with E-state index in [1.54, 1.807) is 38.2 Å². The Morgan fingerprint density at radius 1 is 1.11 bits per heavy atom. The van der Waals surface area contributed by atoms with E-state index in [1.807, 2.05) is 36.4 Å². The highest BCUT2D eigenvalue weighted by Gasteiger charge is 2.34. The summed E-state index contributed by atoms with van der Waals surface area (Å²) in [5.74, 6) is 0.604. The van der Waals surface area contributed by atoms with Crippen molar-refractivity contribution < 1.29 is 20.1 Å². The Labute approximate surface area is 227 Å². The van der Waals surface area contributed by atoms with Crippen molar-refractivity contribution in [1.29, 1.82) is 0 Å². The van der Waals surface area contributed by atoms with Gasteiger partial charge >= 0.3 is 0 Å². The molecule has 7 nitrogen and oxygen atoms in total. The molecule has 1 aliphatic rings. The fraction of sp³-hybridized carbons (Fsp3) is 0.393. The third-order valence-electron chi connectivity index (χ3n) is 6.53. The van der Waals surface area contributed by atoms with Gasteiger partial charge in [0.25, 0.3) is 0 Å². The van der Waals surface area contributed by atoms with Gasteiger partial charge in [-0.05, 0) is 55.3 Å². The average molecular weight is 546 g/mol. The zero-order valence-electron chi connectivity index (χ0n) is 21.0. The molecule has 0 aliphatic carbocycles. The van der Waals surface area contributed by atoms with E-state index in [2.05, 4.69) is 14.8 Å². The molecular formula is C28H33Cl2N3O4. The minimum absolute atomic E-state index is 0.0340. The Balaban J connectivity index is 1.57. The number of hydrogen-bond acceptors (Lipinski definition) is 7. The number of piperazine rings is 1. The van der Waals surface area contributed by atoms with Crippen molar-refractivity contribution in [3.8, 4) is 5.75 Å². The van der Waals surface area contributed by atoms with Crippen molar-refractivity contribution in [3.05, 3.63) is 87.7 Å². The van der Waals surface area contributed by atoms with Gasteiger partial charge in [-0.15, -0.1) is 0 Å². The molecule has 0 amide bonds. The maximum absolute atomic E-state index is 11.3. The average Bonchev–Trinajstić information content (AvgIpc) is 2.88. The van der Waals surface area contributed by atoms with Crippen LogP contribution in [0.1, 0.15) is 36.7 Å². The lowest BCUT2D eigenvalue weighted by Gasteiger charge is -2.45. The van der Waals surface area contributed by atoms with Crippen molar-refractivity contribution in [2.24, 2.45) is 0 Å². The lowest BCUT2D eigenvalue weighted by molar-refractivity contribution is 0.00672. The smallest absolute Gasteiger partial charge is 0.121 e. The monoisotopic (exact) mass is 545 g/mol. The van der Waals surface area contributed by atoms with Gasteiger partial charge in [-0.2, -0.15) is 0 Å². The Morgan fingerprint density at radius 2 is 1.86 bits per heavy atom. The van der Waals surface area contributed by atoms with Crippen LogP contribution in [0.4, 0.5) is 5.69 Å². The standard InChI is InChI=1S/C28H33Cl2N3O4/c1-19(35)17-37-23-8-9-25(24(30)13-23)33-12-11-32(15-26(33)21-4-6-22(29)7-5-21)18-28(2,36)27-10-3-20(16-34)14-31-27/h3-10,13-14,19,26,34-36H,11-12,15-18H2,1-2H3/t19-,26-,28+/m0/s1. The molecular weight excluding hydrogens is 513 g/mol. The fourth-order valence-electron chi connectivity index (χ4n) is 4.62. The number of nitrogens with zero attached hydrogens (tertiary/aromatic N) is 3. The first-order valence-electron chi connectivity index (χ1n) is 12.3. The van der Waals surface area contributed by atoms with Crippen LogP contribution in [0, 0.1) is 0 Å². The van der Waals surface area contributed by atoms with Gasteiger partial charge in [0.15, 0.2) is 0 Å². The number of aromatic nitrogens is 1. The lowest BCUT2D eigenvalue weighted by Crippen LogP contribution is -2.52. The number of aliphatic hydroxyl groups is 3. The van der Waals surface area contributed by atoms with Gasteiger partial charge in [-0.25, -0.2) is 0 Å². The number of ether oxygens (including phenoxy) is 1. The van der Waals surface area contributed by atoms with E-state index in [1.165, 1.54) is 0 Å². The number of aliphatic hydroxyl groups excluding tert-OH is 2. The van der Waals surface area contributed by atoms with Crippen LogP contribution < -0.4 is 9.64 Å². The molecule has 0 bridgehead atoms. The second kappa shape index (κ2) is 12.0. The van der Waals surface area contributed by atoms with E-state index in [9.17, 15) is 15.3 Å². The molecule has 2 heterocycles. The van der Waals surface area contributed by atoms with Gasteiger partial charge in [0.2, 0.25) is 0 Å². The third-order valence-corrected chi connectivity index (χ3v) is 7.08. The van der Waals surface area contributed by atoms with Crippen molar-refractivity contribution >= 4 is 28.9 Å². The number of halogens is 2. The molecule has 4 rings (SSSR count). The first-order chi connectivity index (χ1) is 17.7. The van der Waals surface area contributed by atoms with Crippen molar-refractivity contribution in [1.82, 2.24) is 9.88 Å². The molecule has 0 saturated carbocycles. The summed E-state index contributed by atoms with van der Waals surface area (Å²) in [6.45, 7) is 6.00. The van der Waals surface area contributed by atoms with Gasteiger partial charge in [-0.3, -0.25) is 9.88 Å². The highest BCUT2D eigenvalue weighted by molar-refractivity contribution is 6.33. The Hall–Kier alpha value is -2.39. The quantitative estimate of drug-likeness (QED) is 0.367. The number of rotatable bonds is 9. The van der Waals surface area contributed by atoms with Gasteiger partial charge in [0, 0.05) is 43.5 Å². The van der Waals surface area contributed by atoms with Crippen molar-refractivity contribution in [3.63, 3.8) is 0 Å². The van der Waals surface area contributed by atoms with Gasteiger partial charge in [0.1, 0.15) is 18.0 Å². The highest BCUT2D eigenvalue weighted by atomic mass is 35.5. The molecule has 0 radical (unpaired) electrons. The molecule has 0 unspecified atom stereocenters. The fourth-order valence-corrected chi connectivity index (χ4v) is 5.03. The summed E-state index contributed by atoms with van der Waals surface area (Å²) < 4.78 is 5.62. The zero-order valence-corrected chi connectivity index (χ0v) is 22.5. The summed E-state index contributed by atoms with van der Waals surface area (Å²) in [6.07, 6.45) is 1.02. The summed E-state index contributed by atoms with van der Waals surface area (Å²) in [7, 11) is 0. The number of benzene rings is 2. The summed E-state index contributed by atoms with van der Waals surface area (Å²) in [5, 5.41) is 31.3. The third kappa shape index (κ3) is 6.93. The lowest BCUT2D eigenvalue weighted by atomic mass is 9.97. The van der Waals surface area contributed by atoms with Crippen molar-refractivity contribution in [2.75, 3.05) is 37.7 Å². The van der Waals surface area contributed by atoms with E-state index in [0.29, 0.717) is 53.2 Å². The molecule has 1 aromatic heterocycles. The van der Waals surface area contributed by atoms with Crippen LogP contribution in [0.2, 0.25) is 10.0 Å². The summed E-state index contributed by atoms with van der Waals surface area (Å²) >= 11 is 12.9. The van der Waals surface area contributed by atoms with E-state index in [4.69, 9.17) is 27.9 Å². The van der Waals surface area contributed by atoms with Crippen LogP contribution in [0.15, 0.2) is 60.8 Å². The van der Waals surface area contributed by atoms with E-state index < -0.39 is 11.7 Å². The molecule has 1 fully saturated rings. The molecule has 198 valence electrons. The molecule has 1 aliphatic heterocycles. The molecule has 9 heteroatoms. The molecule has 0 spiro atoms. The zero-order chi connectivity index (χ0) is 26.6. The Bertz CT molecular complexity index is 1170. The molecule has 3 N–H and O–H groups in total. The second-order valence-electron chi connectivity index (χ2n) is 9.75. The minimum Gasteiger partial charge on any atom is -0.491 e. The Kier molecular flexibility index (Phi) is 8.95. The van der Waals surface area contributed by atoms with Crippen LogP contribution >= 0.6 is 23.2 Å². The van der Waals surface area contributed by atoms with Crippen LogP contribution in [-0.4, -0.2) is 64.1 Å². The van der Waals surface area contributed by atoms with Gasteiger partial charge in [-0.1, -0.05) is 41.4 Å². The summed E-state index contributed by atoms with van der Waals surface area (Å²) in [5.41, 5.74) is 2.07. The number of β-amino-alcohol motifs (C(OH)–C–C–N with tert-alkyl or cyclic N) is 1. The van der Waals surface area contributed by atoms with E-state index >= 15 is 0 Å². The maximum Gasteiger partial charge on any atom is 0.121 e. The predicted octanol–water partition coefficient (Wildman–Crippen LogP) is 4.41. The number of anilines is 1. The predicted molar refractivity (Wildman–Crippen MR) is 146 cm³/mol. The van der Waals surface area contributed by atoms with Gasteiger partial charge in [0.05, 0.1) is 35.2 Å². The summed E-state index contributed by atoms with van der Waals surface area (Å²) in [4.78, 5) is 8.87.